The number of ketones is 1. The largest absolute Gasteiger partial charge is 0.515 e. The van der Waals surface area contributed by atoms with Crippen molar-refractivity contribution in [2.75, 3.05) is 21.2 Å². The summed E-state index contributed by atoms with van der Waals surface area (Å²) in [6.07, 6.45) is 2.92. The molecule has 0 saturated carbocycles. The minimum absolute atomic E-state index is 0.116. The van der Waals surface area contributed by atoms with Crippen LogP contribution in [0.15, 0.2) is 48.2 Å². The number of hydrogen-bond donors (Lipinski definition) is 1. The summed E-state index contributed by atoms with van der Waals surface area (Å²) in [6.45, 7) is 0. The molecule has 0 heterocycles. The van der Waals surface area contributed by atoms with Crippen molar-refractivity contribution < 1.29 is 14.6 Å². The zero-order chi connectivity index (χ0) is 14.8. The van der Waals surface area contributed by atoms with Crippen LogP contribution in [0, 0.1) is 0 Å². The first-order valence-electron chi connectivity index (χ1n) is 6.43. The lowest BCUT2D eigenvalue weighted by Gasteiger charge is -2.39. The molecular formula is C16H19NO3. The molecule has 1 aromatic rings. The molecule has 20 heavy (non-hydrogen) atoms. The Morgan fingerprint density at radius 2 is 1.95 bits per heavy atom. The van der Waals surface area contributed by atoms with Gasteiger partial charge in [0.15, 0.2) is 5.72 Å². The van der Waals surface area contributed by atoms with Crippen LogP contribution in [-0.4, -0.2) is 42.7 Å². The second kappa shape index (κ2) is 5.61. The van der Waals surface area contributed by atoms with Crippen molar-refractivity contribution in [3.05, 3.63) is 53.8 Å². The van der Waals surface area contributed by atoms with E-state index in [4.69, 9.17) is 4.74 Å². The first-order valence-corrected chi connectivity index (χ1v) is 6.43. The highest BCUT2D eigenvalue weighted by Crippen LogP contribution is 2.37. The second-order valence-corrected chi connectivity index (χ2v) is 5.00. The van der Waals surface area contributed by atoms with E-state index in [0.29, 0.717) is 12.0 Å². The fourth-order valence-electron chi connectivity index (χ4n) is 2.51. The Kier molecular flexibility index (Phi) is 4.06. The fourth-order valence-corrected chi connectivity index (χ4v) is 2.51. The van der Waals surface area contributed by atoms with Crippen molar-refractivity contribution in [1.82, 2.24) is 4.90 Å². The highest BCUT2D eigenvalue weighted by molar-refractivity contribution is 6.07. The van der Waals surface area contributed by atoms with E-state index in [-0.39, 0.29) is 5.78 Å². The predicted molar refractivity (Wildman–Crippen MR) is 78.2 cm³/mol. The van der Waals surface area contributed by atoms with Crippen LogP contribution >= 0.6 is 0 Å². The van der Waals surface area contributed by atoms with Gasteiger partial charge in [0.2, 0.25) is 5.78 Å². The molecule has 1 unspecified atom stereocenters. The average molecular weight is 273 g/mol. The molecule has 0 aliphatic heterocycles. The van der Waals surface area contributed by atoms with Crippen molar-refractivity contribution in [3.63, 3.8) is 0 Å². The van der Waals surface area contributed by atoms with E-state index in [2.05, 4.69) is 0 Å². The summed E-state index contributed by atoms with van der Waals surface area (Å²) >= 11 is 0. The first-order chi connectivity index (χ1) is 9.55. The van der Waals surface area contributed by atoms with Crippen LogP contribution < -0.4 is 0 Å². The molecule has 2 rings (SSSR count). The van der Waals surface area contributed by atoms with Crippen molar-refractivity contribution in [2.24, 2.45) is 0 Å². The molecule has 1 aliphatic rings. The van der Waals surface area contributed by atoms with Crippen molar-refractivity contribution in [3.8, 4) is 0 Å². The van der Waals surface area contributed by atoms with Crippen molar-refractivity contribution >= 4 is 11.4 Å². The van der Waals surface area contributed by atoms with E-state index in [1.54, 1.807) is 25.1 Å². The highest BCUT2D eigenvalue weighted by Gasteiger charge is 2.44. The van der Waals surface area contributed by atoms with Crippen LogP contribution in [-0.2, 0) is 9.53 Å². The monoisotopic (exact) mass is 273 g/mol. The Hall–Kier alpha value is -1.91. The van der Waals surface area contributed by atoms with Gasteiger partial charge in [-0.15, -0.1) is 0 Å². The summed E-state index contributed by atoms with van der Waals surface area (Å²) < 4.78 is 5.45. The molecule has 0 spiro atoms. The zero-order valence-corrected chi connectivity index (χ0v) is 12.0. The number of carbonyl (C=O) groups is 1. The molecule has 1 atom stereocenters. The number of nitrogens with zero attached hydrogens (tertiary/aromatic N) is 1. The molecule has 106 valence electrons. The summed E-state index contributed by atoms with van der Waals surface area (Å²) in [4.78, 5) is 14.2. The summed E-state index contributed by atoms with van der Waals surface area (Å²) in [7, 11) is 5.09. The van der Waals surface area contributed by atoms with Crippen LogP contribution in [0.2, 0.25) is 0 Å². The number of hydrogen-bond acceptors (Lipinski definition) is 4. The first kappa shape index (κ1) is 14.5. The smallest absolute Gasteiger partial charge is 0.203 e. The van der Waals surface area contributed by atoms with Crippen LogP contribution in [0.3, 0.4) is 0 Å². The number of aliphatic hydroxyl groups excluding tert-OH is 1. The number of benzene rings is 1. The number of allylic oxidation sites excluding steroid dienone is 1. The lowest BCUT2D eigenvalue weighted by Crippen LogP contribution is -2.53. The highest BCUT2D eigenvalue weighted by atomic mass is 16.5. The Morgan fingerprint density at radius 1 is 1.30 bits per heavy atom. The average Bonchev–Trinajstić information content (AvgIpc) is 2.47. The topological polar surface area (TPSA) is 49.8 Å². The van der Waals surface area contributed by atoms with Crippen LogP contribution in [0.1, 0.15) is 12.0 Å². The summed E-state index contributed by atoms with van der Waals surface area (Å²) in [5.74, 6) is -0.116. The van der Waals surface area contributed by atoms with Crippen molar-refractivity contribution in [1.29, 1.82) is 0 Å². The number of ether oxygens (including phenoxy) is 1. The van der Waals surface area contributed by atoms with Gasteiger partial charge in [-0.1, -0.05) is 30.3 Å². The van der Waals surface area contributed by atoms with Crippen LogP contribution in [0.5, 0.6) is 0 Å². The van der Waals surface area contributed by atoms with Gasteiger partial charge in [0.1, 0.15) is 0 Å². The minimum atomic E-state index is -1.05. The molecule has 1 N–H and O–H groups in total. The molecule has 4 nitrogen and oxygen atoms in total. The number of rotatable bonds is 3. The normalized spacial score (nSPS) is 25.1. The molecule has 0 amide bonds. The van der Waals surface area contributed by atoms with E-state index in [0.717, 1.165) is 17.4 Å². The third-order valence-electron chi connectivity index (χ3n) is 3.74. The van der Waals surface area contributed by atoms with Gasteiger partial charge < -0.3 is 9.84 Å². The second-order valence-electron chi connectivity index (χ2n) is 5.00. The maximum atomic E-state index is 12.5. The Labute approximate surface area is 119 Å². The quantitative estimate of drug-likeness (QED) is 0.678. The van der Waals surface area contributed by atoms with Gasteiger partial charge in [-0.05, 0) is 36.9 Å². The molecule has 1 aliphatic carbocycles. The molecule has 0 fully saturated rings. The molecular weight excluding hydrogens is 254 g/mol. The molecule has 0 radical (unpaired) electrons. The van der Waals surface area contributed by atoms with Gasteiger partial charge in [-0.25, -0.2) is 0 Å². The Bertz CT molecular complexity index is 560. The number of likely N-dealkylation sites (N-methyl/N-ethyl adjacent to an activating group) is 1. The zero-order valence-electron chi connectivity index (χ0n) is 12.0. The molecule has 1 aromatic carbocycles. The van der Waals surface area contributed by atoms with E-state index in [1.807, 2.05) is 30.3 Å². The van der Waals surface area contributed by atoms with Crippen molar-refractivity contribution in [2.45, 2.75) is 12.1 Å². The third-order valence-corrected chi connectivity index (χ3v) is 3.74. The van der Waals surface area contributed by atoms with E-state index < -0.39 is 5.72 Å². The van der Waals surface area contributed by atoms with Gasteiger partial charge in [-0.2, -0.15) is 0 Å². The van der Waals surface area contributed by atoms with E-state index in [1.165, 1.54) is 7.11 Å². The van der Waals surface area contributed by atoms with E-state index in [9.17, 15) is 9.90 Å². The van der Waals surface area contributed by atoms with Gasteiger partial charge in [0, 0.05) is 13.5 Å². The molecule has 0 saturated heterocycles. The molecule has 0 bridgehead atoms. The van der Waals surface area contributed by atoms with Gasteiger partial charge in [0.25, 0.3) is 0 Å². The minimum Gasteiger partial charge on any atom is -0.515 e. The lowest BCUT2D eigenvalue weighted by atomic mass is 9.83. The lowest BCUT2D eigenvalue weighted by molar-refractivity contribution is -0.158. The van der Waals surface area contributed by atoms with Gasteiger partial charge >= 0.3 is 0 Å². The molecule has 4 heteroatoms. The van der Waals surface area contributed by atoms with Crippen LogP contribution in [0.25, 0.3) is 5.57 Å². The van der Waals surface area contributed by atoms with Gasteiger partial charge in [0.05, 0.1) is 6.26 Å². The number of carbonyl (C=O) groups excluding carboxylic acids is 1. The standard InChI is InChI=1S/C16H19NO3/c1-17(2)16(20-3)10-13(11-18)14(9-15(16)19)12-7-5-4-6-8-12/h4-9,11,18H,10H2,1-3H3. The fraction of sp³-hybridized carbons (Fsp3) is 0.312. The Morgan fingerprint density at radius 3 is 2.45 bits per heavy atom. The SMILES string of the molecule is COC1(N(C)C)CC(=CO)C(c2ccccc2)=CC1=O. The van der Waals surface area contributed by atoms with E-state index >= 15 is 0 Å². The summed E-state index contributed by atoms with van der Waals surface area (Å²) in [5.41, 5.74) is 1.29. The Balaban J connectivity index is 2.52. The van der Waals surface area contributed by atoms with Gasteiger partial charge in [-0.3, -0.25) is 9.69 Å². The summed E-state index contributed by atoms with van der Waals surface area (Å²) in [6, 6.07) is 9.55. The summed E-state index contributed by atoms with van der Waals surface area (Å²) in [5, 5.41) is 9.53. The predicted octanol–water partition coefficient (Wildman–Crippen LogP) is 2.39. The maximum Gasteiger partial charge on any atom is 0.203 e. The maximum absolute atomic E-state index is 12.5. The molecule has 0 aromatic heterocycles. The third kappa shape index (κ3) is 2.28. The number of methoxy groups -OCH3 is 1. The van der Waals surface area contributed by atoms with Crippen LogP contribution in [0.4, 0.5) is 0 Å². The number of aliphatic hydroxyl groups is 1.